The van der Waals surface area contributed by atoms with Gasteiger partial charge >= 0.3 is 0 Å². The van der Waals surface area contributed by atoms with E-state index < -0.39 is 11.7 Å². The van der Waals surface area contributed by atoms with Crippen molar-refractivity contribution < 1.29 is 18.0 Å². The van der Waals surface area contributed by atoms with Gasteiger partial charge in [-0.2, -0.15) is 0 Å². The zero-order chi connectivity index (χ0) is 20.1. The lowest BCUT2D eigenvalue weighted by atomic mass is 9.84. The topological polar surface area (TPSA) is 32.3 Å². The molecule has 1 aliphatic carbocycles. The molecule has 3 rings (SSSR count). The summed E-state index contributed by atoms with van der Waals surface area (Å²) in [6, 6.07) is 3.82. The normalized spacial score (nSPS) is 21.6. The lowest BCUT2D eigenvalue weighted by Crippen LogP contribution is -2.39. The van der Waals surface area contributed by atoms with Crippen LogP contribution >= 0.6 is 11.6 Å². The summed E-state index contributed by atoms with van der Waals surface area (Å²) in [5.41, 5.74) is 0.237. The minimum absolute atomic E-state index is 0.0377. The second-order valence-electron chi connectivity index (χ2n) is 8.24. The SMILES string of the molecule is O=C(NCC1CCN(CCC2CCC(F)(F)CC2)CC1)c1cc(F)cc(Cl)c1. The Hall–Kier alpha value is -1.27. The molecule has 1 saturated carbocycles. The number of likely N-dealkylation sites (tertiary alicyclic amines) is 1. The van der Waals surface area contributed by atoms with Crippen LogP contribution in [0.4, 0.5) is 13.2 Å². The van der Waals surface area contributed by atoms with Gasteiger partial charge in [-0.3, -0.25) is 4.79 Å². The minimum Gasteiger partial charge on any atom is -0.352 e. The lowest BCUT2D eigenvalue weighted by molar-refractivity contribution is -0.0473. The van der Waals surface area contributed by atoms with Gasteiger partial charge in [0.25, 0.3) is 5.91 Å². The molecule has 1 aliphatic heterocycles. The summed E-state index contributed by atoms with van der Waals surface area (Å²) in [4.78, 5) is 14.6. The predicted octanol–water partition coefficient (Wildman–Crippen LogP) is 5.14. The zero-order valence-electron chi connectivity index (χ0n) is 16.0. The van der Waals surface area contributed by atoms with E-state index in [1.807, 2.05) is 0 Å². The van der Waals surface area contributed by atoms with Crippen LogP contribution in [-0.2, 0) is 0 Å². The van der Waals surface area contributed by atoms with Crippen molar-refractivity contribution >= 4 is 17.5 Å². The van der Waals surface area contributed by atoms with Gasteiger partial charge in [-0.05, 0) is 81.8 Å². The van der Waals surface area contributed by atoms with Crippen molar-refractivity contribution in [2.45, 2.75) is 50.9 Å². The summed E-state index contributed by atoms with van der Waals surface area (Å²) in [6.45, 7) is 3.47. The molecule has 3 nitrogen and oxygen atoms in total. The van der Waals surface area contributed by atoms with Crippen molar-refractivity contribution in [1.82, 2.24) is 10.2 Å². The van der Waals surface area contributed by atoms with Crippen LogP contribution in [0, 0.1) is 17.7 Å². The number of nitrogens with zero attached hydrogens (tertiary/aromatic N) is 1. The zero-order valence-corrected chi connectivity index (χ0v) is 16.8. The molecule has 0 spiro atoms. The van der Waals surface area contributed by atoms with E-state index in [4.69, 9.17) is 11.6 Å². The molecular formula is C21H28ClF3N2O. The van der Waals surface area contributed by atoms with E-state index in [1.54, 1.807) is 0 Å². The molecular weight excluding hydrogens is 389 g/mol. The minimum atomic E-state index is -2.45. The highest BCUT2D eigenvalue weighted by atomic mass is 35.5. The maximum Gasteiger partial charge on any atom is 0.251 e. The fourth-order valence-electron chi connectivity index (χ4n) is 4.19. The molecule has 2 aliphatic rings. The molecule has 1 N–H and O–H groups in total. The Balaban J connectivity index is 1.33. The highest BCUT2D eigenvalue weighted by Gasteiger charge is 2.34. The van der Waals surface area contributed by atoms with Crippen LogP contribution in [0.5, 0.6) is 0 Å². The molecule has 1 aromatic rings. The molecule has 1 heterocycles. The van der Waals surface area contributed by atoms with Gasteiger partial charge in [0.2, 0.25) is 5.92 Å². The van der Waals surface area contributed by atoms with Gasteiger partial charge in [-0.15, -0.1) is 0 Å². The van der Waals surface area contributed by atoms with E-state index >= 15 is 0 Å². The molecule has 0 atom stereocenters. The lowest BCUT2D eigenvalue weighted by Gasteiger charge is -2.34. The summed E-state index contributed by atoms with van der Waals surface area (Å²) < 4.78 is 39.8. The predicted molar refractivity (Wildman–Crippen MR) is 104 cm³/mol. The highest BCUT2D eigenvalue weighted by molar-refractivity contribution is 6.31. The van der Waals surface area contributed by atoms with Crippen molar-refractivity contribution in [3.05, 3.63) is 34.6 Å². The first-order valence-electron chi connectivity index (χ1n) is 10.2. The molecule has 0 unspecified atom stereocenters. The molecule has 1 amide bonds. The standard InChI is InChI=1S/C21H28ClF3N2O/c22-18-11-17(12-19(23)13-18)20(28)26-14-16-4-9-27(10-5-16)8-3-15-1-6-21(24,25)7-2-15/h11-13,15-16H,1-10,14H2,(H,26,28). The Morgan fingerprint density at radius 2 is 1.79 bits per heavy atom. The second-order valence-corrected chi connectivity index (χ2v) is 8.68. The van der Waals surface area contributed by atoms with Crippen LogP contribution in [0.15, 0.2) is 18.2 Å². The van der Waals surface area contributed by atoms with Crippen molar-refractivity contribution in [2.24, 2.45) is 11.8 Å². The average molecular weight is 417 g/mol. The molecule has 1 aromatic carbocycles. The third-order valence-corrected chi connectivity index (χ3v) is 6.29. The van der Waals surface area contributed by atoms with Gasteiger partial charge in [0, 0.05) is 30.0 Å². The number of hydrogen-bond acceptors (Lipinski definition) is 2. The number of nitrogens with one attached hydrogen (secondary N) is 1. The molecule has 28 heavy (non-hydrogen) atoms. The largest absolute Gasteiger partial charge is 0.352 e. The van der Waals surface area contributed by atoms with Gasteiger partial charge in [0.1, 0.15) is 5.82 Å². The van der Waals surface area contributed by atoms with Gasteiger partial charge in [-0.25, -0.2) is 13.2 Å². The van der Waals surface area contributed by atoms with Crippen LogP contribution in [0.1, 0.15) is 55.3 Å². The Labute approximate surface area is 169 Å². The number of halogens is 4. The molecule has 1 saturated heterocycles. The van der Waals surface area contributed by atoms with Crippen molar-refractivity contribution in [3.8, 4) is 0 Å². The van der Waals surface area contributed by atoms with E-state index in [-0.39, 0.29) is 29.3 Å². The van der Waals surface area contributed by atoms with Crippen LogP contribution < -0.4 is 5.32 Å². The van der Waals surface area contributed by atoms with E-state index in [0.717, 1.165) is 38.9 Å². The summed E-state index contributed by atoms with van der Waals surface area (Å²) >= 11 is 5.80. The first kappa shape index (κ1) is 21.4. The average Bonchev–Trinajstić information content (AvgIpc) is 2.65. The third kappa shape index (κ3) is 6.38. The number of amides is 1. The maximum atomic E-state index is 13.4. The Bertz CT molecular complexity index is 647. The molecule has 156 valence electrons. The first-order valence-corrected chi connectivity index (χ1v) is 10.5. The van der Waals surface area contributed by atoms with Gasteiger partial charge in [0.05, 0.1) is 0 Å². The van der Waals surface area contributed by atoms with Gasteiger partial charge in [0.15, 0.2) is 0 Å². The van der Waals surface area contributed by atoms with Gasteiger partial charge in [-0.1, -0.05) is 11.6 Å². The van der Waals surface area contributed by atoms with Gasteiger partial charge < -0.3 is 10.2 Å². The first-order chi connectivity index (χ1) is 13.3. The maximum absolute atomic E-state index is 13.4. The fraction of sp³-hybridized carbons (Fsp3) is 0.667. The van der Waals surface area contributed by atoms with Crippen molar-refractivity contribution in [3.63, 3.8) is 0 Å². The highest BCUT2D eigenvalue weighted by Crippen LogP contribution is 2.37. The monoisotopic (exact) mass is 416 g/mol. The molecule has 0 radical (unpaired) electrons. The number of rotatable bonds is 6. The van der Waals surface area contributed by atoms with E-state index in [9.17, 15) is 18.0 Å². The molecule has 0 bridgehead atoms. The summed E-state index contributed by atoms with van der Waals surface area (Å²) in [5.74, 6) is -2.45. The summed E-state index contributed by atoms with van der Waals surface area (Å²) in [6.07, 6.45) is 4.34. The summed E-state index contributed by atoms with van der Waals surface area (Å²) in [5, 5.41) is 3.08. The van der Waals surface area contributed by atoms with Crippen LogP contribution in [0.3, 0.4) is 0 Å². The molecule has 0 aromatic heterocycles. The quantitative estimate of drug-likeness (QED) is 0.696. The van der Waals surface area contributed by atoms with E-state index in [1.165, 1.54) is 18.2 Å². The Morgan fingerprint density at radius 1 is 1.11 bits per heavy atom. The Kier molecular flexibility index (Phi) is 7.26. The number of carbonyl (C=O) groups is 1. The van der Waals surface area contributed by atoms with Crippen molar-refractivity contribution in [2.75, 3.05) is 26.2 Å². The van der Waals surface area contributed by atoms with E-state index in [2.05, 4.69) is 10.2 Å². The number of piperidine rings is 1. The van der Waals surface area contributed by atoms with Crippen LogP contribution in [-0.4, -0.2) is 42.9 Å². The van der Waals surface area contributed by atoms with Crippen LogP contribution in [0.2, 0.25) is 5.02 Å². The number of alkyl halides is 2. The van der Waals surface area contributed by atoms with Crippen LogP contribution in [0.25, 0.3) is 0 Å². The summed E-state index contributed by atoms with van der Waals surface area (Å²) in [7, 11) is 0. The number of benzene rings is 1. The second kappa shape index (κ2) is 9.49. The number of hydrogen-bond donors (Lipinski definition) is 1. The number of carbonyl (C=O) groups excluding carboxylic acids is 1. The van der Waals surface area contributed by atoms with Crippen molar-refractivity contribution in [1.29, 1.82) is 0 Å². The Morgan fingerprint density at radius 3 is 2.43 bits per heavy atom. The fourth-order valence-corrected chi connectivity index (χ4v) is 4.41. The van der Waals surface area contributed by atoms with E-state index in [0.29, 0.717) is 31.2 Å². The third-order valence-electron chi connectivity index (χ3n) is 6.07. The smallest absolute Gasteiger partial charge is 0.251 e. The molecule has 7 heteroatoms. The molecule has 2 fully saturated rings.